The van der Waals surface area contributed by atoms with Gasteiger partial charge in [-0.2, -0.15) is 13.2 Å². The van der Waals surface area contributed by atoms with Crippen molar-refractivity contribution in [3.8, 4) is 0 Å². The van der Waals surface area contributed by atoms with E-state index >= 15 is 0 Å². The molecule has 2 heterocycles. The second-order valence-corrected chi connectivity index (χ2v) is 6.05. The van der Waals surface area contributed by atoms with Crippen LogP contribution in [-0.4, -0.2) is 29.7 Å². The van der Waals surface area contributed by atoms with Crippen LogP contribution in [-0.2, 0) is 17.3 Å². The molecule has 0 spiro atoms. The van der Waals surface area contributed by atoms with Gasteiger partial charge in [0.2, 0.25) is 0 Å². The van der Waals surface area contributed by atoms with Crippen LogP contribution in [0.4, 0.5) is 19.0 Å². The van der Waals surface area contributed by atoms with Gasteiger partial charge in [0.15, 0.2) is 0 Å². The summed E-state index contributed by atoms with van der Waals surface area (Å²) in [7, 11) is 0. The van der Waals surface area contributed by atoms with Crippen molar-refractivity contribution in [2.24, 2.45) is 0 Å². The van der Waals surface area contributed by atoms with Crippen molar-refractivity contribution >= 4 is 5.82 Å². The molecule has 1 unspecified atom stereocenters. The zero-order chi connectivity index (χ0) is 18.0. The first-order valence-corrected chi connectivity index (χ1v) is 8.25. The van der Waals surface area contributed by atoms with Gasteiger partial charge >= 0.3 is 6.18 Å². The molecule has 1 aromatic carbocycles. The molecule has 0 saturated carbocycles. The minimum Gasteiger partial charge on any atom is -0.370 e. The average Bonchev–Trinajstić information content (AvgIpc) is 2.60. The fourth-order valence-electron chi connectivity index (χ4n) is 2.93. The van der Waals surface area contributed by atoms with E-state index in [4.69, 9.17) is 4.74 Å². The maximum absolute atomic E-state index is 12.9. The lowest BCUT2D eigenvalue weighted by Crippen LogP contribution is -2.39. The first-order valence-electron chi connectivity index (χ1n) is 8.25. The van der Waals surface area contributed by atoms with E-state index in [0.29, 0.717) is 31.1 Å². The zero-order valence-electron chi connectivity index (χ0n) is 14.2. The Morgan fingerprint density at radius 1 is 1.24 bits per heavy atom. The third-order valence-electron chi connectivity index (χ3n) is 4.22. The number of alkyl halides is 3. The zero-order valence-corrected chi connectivity index (χ0v) is 14.2. The Morgan fingerprint density at radius 3 is 2.76 bits per heavy atom. The topological polar surface area (TPSA) is 38.2 Å². The first kappa shape index (κ1) is 17.7. The number of rotatable bonds is 3. The van der Waals surface area contributed by atoms with Crippen LogP contribution in [0.1, 0.15) is 35.7 Å². The van der Waals surface area contributed by atoms with Crippen LogP contribution < -0.4 is 4.90 Å². The number of halogens is 3. The molecular weight excluding hydrogens is 331 g/mol. The quantitative estimate of drug-likeness (QED) is 0.839. The van der Waals surface area contributed by atoms with E-state index in [1.54, 1.807) is 6.07 Å². The van der Waals surface area contributed by atoms with Gasteiger partial charge in [0.1, 0.15) is 17.7 Å². The van der Waals surface area contributed by atoms with Crippen molar-refractivity contribution in [3.05, 3.63) is 53.0 Å². The molecule has 134 valence electrons. The Labute approximate surface area is 144 Å². The van der Waals surface area contributed by atoms with Crippen molar-refractivity contribution in [2.45, 2.75) is 32.5 Å². The number of nitrogens with zero attached hydrogens (tertiary/aromatic N) is 3. The van der Waals surface area contributed by atoms with Gasteiger partial charge in [0.25, 0.3) is 0 Å². The van der Waals surface area contributed by atoms with E-state index in [9.17, 15) is 13.2 Å². The van der Waals surface area contributed by atoms with Gasteiger partial charge in [-0.3, -0.25) is 0 Å². The molecule has 7 heteroatoms. The summed E-state index contributed by atoms with van der Waals surface area (Å²) in [6, 6.07) is 7.26. The molecule has 1 fully saturated rings. The Morgan fingerprint density at radius 2 is 2.04 bits per heavy atom. The van der Waals surface area contributed by atoms with E-state index in [1.165, 1.54) is 6.07 Å². The molecule has 1 aliphatic rings. The smallest absolute Gasteiger partial charge is 0.370 e. The molecule has 1 atom stereocenters. The fourth-order valence-corrected chi connectivity index (χ4v) is 2.93. The number of anilines is 1. The van der Waals surface area contributed by atoms with Crippen LogP contribution in [0.15, 0.2) is 30.3 Å². The largest absolute Gasteiger partial charge is 0.416 e. The minimum absolute atomic E-state index is 0.420. The van der Waals surface area contributed by atoms with E-state index in [1.807, 2.05) is 24.8 Å². The van der Waals surface area contributed by atoms with E-state index in [-0.39, 0.29) is 0 Å². The number of hydrogen-bond donors (Lipinski definition) is 0. The number of morpholine rings is 1. The SMILES string of the molecule is CCc1cc(N2CCOC(c3cccc(C(F)(F)F)c3)C2)nc(C)n1. The molecule has 0 radical (unpaired) electrons. The van der Waals surface area contributed by atoms with Crippen LogP contribution in [0.2, 0.25) is 0 Å². The first-order chi connectivity index (χ1) is 11.9. The average molecular weight is 351 g/mol. The molecule has 1 saturated heterocycles. The minimum atomic E-state index is -4.36. The third-order valence-corrected chi connectivity index (χ3v) is 4.22. The maximum atomic E-state index is 12.9. The molecule has 1 aliphatic heterocycles. The van der Waals surface area contributed by atoms with Crippen molar-refractivity contribution in [3.63, 3.8) is 0 Å². The van der Waals surface area contributed by atoms with Crippen molar-refractivity contribution in [2.75, 3.05) is 24.6 Å². The van der Waals surface area contributed by atoms with Crippen LogP contribution in [0.25, 0.3) is 0 Å². The Hall–Kier alpha value is -2.15. The molecule has 25 heavy (non-hydrogen) atoms. The van der Waals surface area contributed by atoms with Crippen LogP contribution >= 0.6 is 0 Å². The predicted molar refractivity (Wildman–Crippen MR) is 88.5 cm³/mol. The Balaban J connectivity index is 1.83. The molecule has 0 amide bonds. The van der Waals surface area contributed by atoms with Crippen LogP contribution in [0.3, 0.4) is 0 Å². The van der Waals surface area contributed by atoms with Crippen LogP contribution in [0.5, 0.6) is 0 Å². The summed E-state index contributed by atoms with van der Waals surface area (Å²) in [5.74, 6) is 1.49. The van der Waals surface area contributed by atoms with Gasteiger partial charge in [-0.15, -0.1) is 0 Å². The normalized spacial score (nSPS) is 18.4. The van der Waals surface area contributed by atoms with Crippen LogP contribution in [0, 0.1) is 6.92 Å². The van der Waals surface area contributed by atoms with Gasteiger partial charge in [-0.1, -0.05) is 19.1 Å². The number of aromatic nitrogens is 2. The van der Waals surface area contributed by atoms with E-state index < -0.39 is 17.8 Å². The lowest BCUT2D eigenvalue weighted by atomic mass is 10.0. The summed E-state index contributed by atoms with van der Waals surface area (Å²) in [6.45, 7) is 5.41. The summed E-state index contributed by atoms with van der Waals surface area (Å²) in [5.41, 5.74) is 0.822. The van der Waals surface area contributed by atoms with Gasteiger partial charge in [-0.05, 0) is 31.0 Å². The molecule has 4 nitrogen and oxygen atoms in total. The summed E-state index contributed by atoms with van der Waals surface area (Å²) in [5, 5.41) is 0. The highest BCUT2D eigenvalue weighted by Crippen LogP contribution is 2.32. The Kier molecular flexibility index (Phi) is 4.94. The lowest BCUT2D eigenvalue weighted by Gasteiger charge is -2.34. The third kappa shape index (κ3) is 4.10. The van der Waals surface area contributed by atoms with Gasteiger partial charge in [0.05, 0.1) is 12.2 Å². The predicted octanol–water partition coefficient (Wildman–Crippen LogP) is 3.94. The van der Waals surface area contributed by atoms with E-state index in [0.717, 1.165) is 30.1 Å². The highest BCUT2D eigenvalue weighted by Gasteiger charge is 2.32. The summed E-state index contributed by atoms with van der Waals surface area (Å²) in [6.07, 6.45) is -3.97. The molecule has 0 aliphatic carbocycles. The van der Waals surface area contributed by atoms with Gasteiger partial charge in [0, 0.05) is 24.8 Å². The van der Waals surface area contributed by atoms with Crippen molar-refractivity contribution < 1.29 is 17.9 Å². The molecule has 1 aromatic heterocycles. The molecule has 3 rings (SSSR count). The molecule has 0 bridgehead atoms. The summed E-state index contributed by atoms with van der Waals surface area (Å²) in [4.78, 5) is 10.9. The maximum Gasteiger partial charge on any atom is 0.416 e. The highest BCUT2D eigenvalue weighted by atomic mass is 19.4. The van der Waals surface area contributed by atoms with Gasteiger partial charge in [-0.25, -0.2) is 9.97 Å². The van der Waals surface area contributed by atoms with E-state index in [2.05, 4.69) is 9.97 Å². The fraction of sp³-hybridized carbons (Fsp3) is 0.444. The second kappa shape index (κ2) is 7.00. The second-order valence-electron chi connectivity index (χ2n) is 6.05. The highest BCUT2D eigenvalue weighted by molar-refractivity contribution is 5.41. The summed E-state index contributed by atoms with van der Waals surface area (Å²) < 4.78 is 44.5. The number of hydrogen-bond acceptors (Lipinski definition) is 4. The number of aryl methyl sites for hydroxylation is 2. The van der Waals surface area contributed by atoms with Crippen molar-refractivity contribution in [1.29, 1.82) is 0 Å². The standard InChI is InChI=1S/C18H20F3N3O/c1-3-15-10-17(23-12(2)22-15)24-7-8-25-16(11-24)13-5-4-6-14(9-13)18(19,20)21/h4-6,9-10,16H,3,7-8,11H2,1-2H3. The van der Waals surface area contributed by atoms with Crippen molar-refractivity contribution in [1.82, 2.24) is 9.97 Å². The monoisotopic (exact) mass is 351 g/mol. The number of ether oxygens (including phenoxy) is 1. The summed E-state index contributed by atoms with van der Waals surface area (Å²) >= 11 is 0. The Bertz CT molecular complexity index is 749. The lowest BCUT2D eigenvalue weighted by molar-refractivity contribution is -0.137. The molecular formula is C18H20F3N3O. The number of benzene rings is 1. The molecule has 2 aromatic rings. The molecule has 0 N–H and O–H groups in total. The van der Waals surface area contributed by atoms with Gasteiger partial charge < -0.3 is 9.64 Å².